The predicted molar refractivity (Wildman–Crippen MR) is 98.6 cm³/mol. The van der Waals surface area contributed by atoms with Crippen molar-refractivity contribution in [2.75, 3.05) is 13.2 Å². The van der Waals surface area contributed by atoms with Crippen LogP contribution in [-0.2, 0) is 7.05 Å². The number of H-pyrrole nitrogens is 1. The van der Waals surface area contributed by atoms with Crippen LogP contribution in [0.1, 0.15) is 15.9 Å². The minimum absolute atomic E-state index is 0.0635. The van der Waals surface area contributed by atoms with Gasteiger partial charge in [-0.1, -0.05) is 12.1 Å². The van der Waals surface area contributed by atoms with Gasteiger partial charge >= 0.3 is 5.69 Å². The molecule has 0 aliphatic carbocycles. The number of aliphatic hydroxyl groups is 1. The number of ether oxygens (including phenoxy) is 1. The van der Waals surface area contributed by atoms with Gasteiger partial charge in [0.1, 0.15) is 18.5 Å². The van der Waals surface area contributed by atoms with Gasteiger partial charge in [0.2, 0.25) is 0 Å². The maximum Gasteiger partial charge on any atom is 0.326 e. The third-order valence-electron chi connectivity index (χ3n) is 4.10. The third kappa shape index (κ3) is 3.94. The Morgan fingerprint density at radius 1 is 1.31 bits per heavy atom. The second-order valence-corrected chi connectivity index (χ2v) is 6.21. The monoisotopic (exact) mass is 355 g/mol. The number of imidazole rings is 1. The molecule has 0 aliphatic rings. The zero-order valence-corrected chi connectivity index (χ0v) is 14.7. The number of aliphatic hydroxyl groups excluding tert-OH is 1. The lowest BCUT2D eigenvalue weighted by atomic mass is 10.2. The molecular weight excluding hydrogens is 334 g/mol. The number of fused-ring (bicyclic) bond motifs is 1. The molecule has 1 atom stereocenters. The van der Waals surface area contributed by atoms with Crippen molar-refractivity contribution in [3.8, 4) is 5.75 Å². The van der Waals surface area contributed by atoms with Crippen LogP contribution < -0.4 is 15.7 Å². The fraction of sp³-hybridized carbons (Fsp3) is 0.263. The van der Waals surface area contributed by atoms with Crippen molar-refractivity contribution in [3.05, 3.63) is 64.1 Å². The molecule has 0 spiro atoms. The molecule has 26 heavy (non-hydrogen) atoms. The van der Waals surface area contributed by atoms with Gasteiger partial charge in [0.25, 0.3) is 5.91 Å². The van der Waals surface area contributed by atoms with E-state index in [1.54, 1.807) is 25.2 Å². The Kier molecular flexibility index (Phi) is 5.09. The van der Waals surface area contributed by atoms with E-state index >= 15 is 0 Å². The molecule has 0 aliphatic heterocycles. The fourth-order valence-corrected chi connectivity index (χ4v) is 2.65. The zero-order valence-electron chi connectivity index (χ0n) is 14.7. The van der Waals surface area contributed by atoms with E-state index in [-0.39, 0.29) is 24.7 Å². The minimum Gasteiger partial charge on any atom is -0.491 e. The molecule has 3 N–H and O–H groups in total. The molecule has 0 saturated heterocycles. The Balaban J connectivity index is 1.55. The number of hydrogen-bond donors (Lipinski definition) is 3. The number of aromatic nitrogens is 2. The summed E-state index contributed by atoms with van der Waals surface area (Å²) in [6, 6.07) is 12.5. The summed E-state index contributed by atoms with van der Waals surface area (Å²) in [5.74, 6) is 0.347. The Morgan fingerprint density at radius 2 is 2.12 bits per heavy atom. The zero-order chi connectivity index (χ0) is 18.7. The molecule has 0 saturated carbocycles. The fourth-order valence-electron chi connectivity index (χ4n) is 2.65. The highest BCUT2D eigenvalue weighted by atomic mass is 16.5. The van der Waals surface area contributed by atoms with Gasteiger partial charge in [0.05, 0.1) is 11.0 Å². The largest absolute Gasteiger partial charge is 0.491 e. The van der Waals surface area contributed by atoms with Crippen molar-refractivity contribution < 1.29 is 14.6 Å². The third-order valence-corrected chi connectivity index (χ3v) is 4.10. The molecule has 3 rings (SSSR count). The highest BCUT2D eigenvalue weighted by Crippen LogP contribution is 2.13. The number of carbonyl (C=O) groups excluding carboxylic acids is 1. The lowest BCUT2D eigenvalue weighted by molar-refractivity contribution is 0.0844. The number of aromatic amines is 1. The summed E-state index contributed by atoms with van der Waals surface area (Å²) in [7, 11) is 1.66. The van der Waals surface area contributed by atoms with Crippen molar-refractivity contribution in [2.45, 2.75) is 13.0 Å². The van der Waals surface area contributed by atoms with Gasteiger partial charge in [-0.15, -0.1) is 0 Å². The highest BCUT2D eigenvalue weighted by molar-refractivity contribution is 5.97. The topological polar surface area (TPSA) is 96.3 Å². The van der Waals surface area contributed by atoms with Gasteiger partial charge in [-0.25, -0.2) is 4.79 Å². The van der Waals surface area contributed by atoms with Crippen molar-refractivity contribution >= 4 is 16.9 Å². The average molecular weight is 355 g/mol. The van der Waals surface area contributed by atoms with Crippen LogP contribution in [0, 0.1) is 6.92 Å². The van der Waals surface area contributed by atoms with Crippen LogP contribution in [0.2, 0.25) is 0 Å². The van der Waals surface area contributed by atoms with Gasteiger partial charge in [0, 0.05) is 19.2 Å². The average Bonchev–Trinajstić information content (AvgIpc) is 2.91. The number of carbonyl (C=O) groups is 1. The molecule has 2 aromatic carbocycles. The number of benzene rings is 2. The molecule has 136 valence electrons. The summed E-state index contributed by atoms with van der Waals surface area (Å²) >= 11 is 0. The van der Waals surface area contributed by atoms with E-state index in [9.17, 15) is 14.7 Å². The Labute approximate surface area is 150 Å². The first-order valence-corrected chi connectivity index (χ1v) is 8.28. The number of nitrogens with one attached hydrogen (secondary N) is 2. The van der Waals surface area contributed by atoms with E-state index in [2.05, 4.69) is 10.3 Å². The molecular formula is C19H21N3O4. The summed E-state index contributed by atoms with van der Waals surface area (Å²) < 4.78 is 6.99. The quantitative estimate of drug-likeness (QED) is 0.622. The normalized spacial score (nSPS) is 12.1. The minimum atomic E-state index is -0.834. The highest BCUT2D eigenvalue weighted by Gasteiger charge is 2.12. The number of amides is 1. The van der Waals surface area contributed by atoms with Gasteiger partial charge < -0.3 is 20.1 Å². The lowest BCUT2D eigenvalue weighted by Gasteiger charge is -2.13. The first-order valence-electron chi connectivity index (χ1n) is 8.28. The van der Waals surface area contributed by atoms with Crippen molar-refractivity contribution in [1.82, 2.24) is 14.9 Å². The molecule has 7 heteroatoms. The summed E-state index contributed by atoms with van der Waals surface area (Å²) in [5.41, 5.74) is 2.55. The Bertz CT molecular complexity index is 990. The summed E-state index contributed by atoms with van der Waals surface area (Å²) in [5, 5.41) is 12.7. The molecule has 7 nitrogen and oxygen atoms in total. The van der Waals surface area contributed by atoms with E-state index in [0.29, 0.717) is 16.8 Å². The van der Waals surface area contributed by atoms with E-state index in [4.69, 9.17) is 4.74 Å². The summed E-state index contributed by atoms with van der Waals surface area (Å²) in [4.78, 5) is 26.5. The second kappa shape index (κ2) is 7.45. The predicted octanol–water partition coefficient (Wildman–Crippen LogP) is 1.34. The summed E-state index contributed by atoms with van der Waals surface area (Å²) in [6.07, 6.45) is -0.834. The molecule has 0 unspecified atom stereocenters. The standard InChI is InChI=1S/C19H21N3O4/c1-12-4-3-5-15(8-12)26-11-14(23)10-20-18(24)13-6-7-17-16(9-13)21-19(25)22(17)2/h3-9,14,23H,10-11H2,1-2H3,(H,20,24)(H,21,25)/t14-/m0/s1. The molecule has 1 amide bonds. The van der Waals surface area contributed by atoms with Crippen molar-refractivity contribution in [1.29, 1.82) is 0 Å². The molecule has 3 aromatic rings. The van der Waals surface area contributed by atoms with E-state index in [0.717, 1.165) is 11.1 Å². The number of aryl methyl sites for hydroxylation is 2. The van der Waals surface area contributed by atoms with Crippen molar-refractivity contribution in [2.24, 2.45) is 7.05 Å². The van der Waals surface area contributed by atoms with Crippen LogP contribution in [0.25, 0.3) is 11.0 Å². The Hall–Kier alpha value is -3.06. The number of hydrogen-bond acceptors (Lipinski definition) is 4. The van der Waals surface area contributed by atoms with Crippen LogP contribution in [0.5, 0.6) is 5.75 Å². The molecule has 0 bridgehead atoms. The van der Waals surface area contributed by atoms with Crippen LogP contribution in [-0.4, -0.2) is 39.8 Å². The first-order chi connectivity index (χ1) is 12.4. The molecule has 0 fully saturated rings. The van der Waals surface area contributed by atoms with Gasteiger partial charge in [0.15, 0.2) is 0 Å². The van der Waals surface area contributed by atoms with Crippen LogP contribution in [0.3, 0.4) is 0 Å². The maximum atomic E-state index is 12.2. The SMILES string of the molecule is Cc1cccc(OC[C@@H](O)CNC(=O)c2ccc3c(c2)[nH]c(=O)n3C)c1. The van der Waals surface area contributed by atoms with Crippen LogP contribution >= 0.6 is 0 Å². The van der Waals surface area contributed by atoms with Crippen LogP contribution in [0.15, 0.2) is 47.3 Å². The van der Waals surface area contributed by atoms with E-state index in [1.165, 1.54) is 4.57 Å². The van der Waals surface area contributed by atoms with Gasteiger partial charge in [-0.3, -0.25) is 9.36 Å². The molecule has 1 heterocycles. The Morgan fingerprint density at radius 3 is 2.88 bits per heavy atom. The number of rotatable bonds is 6. The summed E-state index contributed by atoms with van der Waals surface area (Å²) in [6.45, 7) is 2.10. The number of nitrogens with zero attached hydrogens (tertiary/aromatic N) is 1. The van der Waals surface area contributed by atoms with Gasteiger partial charge in [-0.2, -0.15) is 0 Å². The maximum absolute atomic E-state index is 12.2. The van der Waals surface area contributed by atoms with E-state index < -0.39 is 6.10 Å². The lowest BCUT2D eigenvalue weighted by Crippen LogP contribution is -2.35. The van der Waals surface area contributed by atoms with E-state index in [1.807, 2.05) is 31.2 Å². The van der Waals surface area contributed by atoms with Crippen LogP contribution in [0.4, 0.5) is 0 Å². The molecule has 0 radical (unpaired) electrons. The van der Waals surface area contributed by atoms with Gasteiger partial charge in [-0.05, 0) is 42.8 Å². The second-order valence-electron chi connectivity index (χ2n) is 6.21. The van der Waals surface area contributed by atoms with Crippen molar-refractivity contribution in [3.63, 3.8) is 0 Å². The smallest absolute Gasteiger partial charge is 0.326 e. The molecule has 1 aromatic heterocycles. The first kappa shape index (κ1) is 17.8.